The van der Waals surface area contributed by atoms with Crippen LogP contribution < -0.4 is 15.4 Å². The smallest absolute Gasteiger partial charge is 0.323 e. The minimum atomic E-state index is -0.332. The van der Waals surface area contributed by atoms with E-state index in [0.29, 0.717) is 28.8 Å². The molecule has 0 bridgehead atoms. The maximum atomic E-state index is 11.9. The Balaban J connectivity index is 1.99. The van der Waals surface area contributed by atoms with Gasteiger partial charge in [-0.15, -0.1) is 0 Å². The van der Waals surface area contributed by atoms with E-state index in [1.807, 2.05) is 19.1 Å². The van der Waals surface area contributed by atoms with Gasteiger partial charge in [-0.1, -0.05) is 23.7 Å². The molecule has 0 saturated carbocycles. The molecule has 5 heteroatoms. The third kappa shape index (κ3) is 4.17. The van der Waals surface area contributed by atoms with Gasteiger partial charge in [0.25, 0.3) is 0 Å². The van der Waals surface area contributed by atoms with Gasteiger partial charge in [0.05, 0.1) is 6.61 Å². The molecule has 0 aromatic heterocycles. The van der Waals surface area contributed by atoms with Crippen molar-refractivity contribution in [1.29, 1.82) is 0 Å². The fourth-order valence-electron chi connectivity index (χ4n) is 1.69. The third-order valence-electron chi connectivity index (χ3n) is 2.49. The molecular weight excluding hydrogens is 276 g/mol. The maximum absolute atomic E-state index is 11.9. The summed E-state index contributed by atoms with van der Waals surface area (Å²) in [7, 11) is 0. The minimum absolute atomic E-state index is 0.332. The van der Waals surface area contributed by atoms with E-state index in [1.54, 1.807) is 36.4 Å². The molecule has 0 aliphatic carbocycles. The first-order chi connectivity index (χ1) is 9.67. The number of carbonyl (C=O) groups excluding carboxylic acids is 1. The zero-order chi connectivity index (χ0) is 14.4. The van der Waals surface area contributed by atoms with E-state index in [2.05, 4.69) is 10.6 Å². The number of hydrogen-bond acceptors (Lipinski definition) is 2. The number of anilines is 2. The van der Waals surface area contributed by atoms with Crippen molar-refractivity contribution in [2.24, 2.45) is 0 Å². The minimum Gasteiger partial charge on any atom is -0.494 e. The number of amides is 2. The summed E-state index contributed by atoms with van der Waals surface area (Å²) in [6, 6.07) is 13.8. The Hall–Kier alpha value is -2.20. The van der Waals surface area contributed by atoms with Gasteiger partial charge in [0.15, 0.2) is 0 Å². The van der Waals surface area contributed by atoms with Crippen LogP contribution in [0.1, 0.15) is 6.92 Å². The lowest BCUT2D eigenvalue weighted by Gasteiger charge is -2.09. The summed E-state index contributed by atoms with van der Waals surface area (Å²) in [6.45, 7) is 2.49. The number of rotatable bonds is 4. The van der Waals surface area contributed by atoms with Crippen molar-refractivity contribution in [3.8, 4) is 5.75 Å². The van der Waals surface area contributed by atoms with Crippen LogP contribution in [0.4, 0.5) is 16.2 Å². The highest BCUT2D eigenvalue weighted by Gasteiger charge is 2.04. The second-order valence-corrected chi connectivity index (χ2v) is 4.49. The summed E-state index contributed by atoms with van der Waals surface area (Å²) in [6.07, 6.45) is 0. The van der Waals surface area contributed by atoms with Crippen LogP contribution in [0.5, 0.6) is 5.75 Å². The van der Waals surface area contributed by atoms with Gasteiger partial charge < -0.3 is 15.4 Å². The predicted octanol–water partition coefficient (Wildman–Crippen LogP) is 4.38. The number of carbonyl (C=O) groups is 1. The molecule has 0 atom stereocenters. The highest BCUT2D eigenvalue weighted by Crippen LogP contribution is 2.18. The first kappa shape index (κ1) is 14.2. The molecule has 0 heterocycles. The number of halogens is 1. The Labute approximate surface area is 122 Å². The molecule has 4 nitrogen and oxygen atoms in total. The van der Waals surface area contributed by atoms with Crippen molar-refractivity contribution in [3.05, 3.63) is 53.6 Å². The van der Waals surface area contributed by atoms with Crippen LogP contribution in [0.15, 0.2) is 48.5 Å². The summed E-state index contributed by atoms with van der Waals surface area (Å²) in [5.41, 5.74) is 1.30. The monoisotopic (exact) mass is 290 g/mol. The molecule has 2 amide bonds. The molecule has 0 aliphatic rings. The molecule has 2 N–H and O–H groups in total. The van der Waals surface area contributed by atoms with Crippen LogP contribution in [0.3, 0.4) is 0 Å². The average molecular weight is 291 g/mol. The molecule has 104 valence electrons. The lowest BCUT2D eigenvalue weighted by molar-refractivity contribution is 0.262. The molecule has 20 heavy (non-hydrogen) atoms. The van der Waals surface area contributed by atoms with Crippen molar-refractivity contribution >= 4 is 29.0 Å². The number of urea groups is 1. The van der Waals surface area contributed by atoms with Gasteiger partial charge in [0.2, 0.25) is 0 Å². The highest BCUT2D eigenvalue weighted by atomic mass is 35.5. The topological polar surface area (TPSA) is 50.4 Å². The Kier molecular flexibility index (Phi) is 4.85. The molecule has 0 spiro atoms. The average Bonchev–Trinajstić information content (AvgIpc) is 2.39. The van der Waals surface area contributed by atoms with Crippen LogP contribution in [0.2, 0.25) is 5.02 Å². The van der Waals surface area contributed by atoms with E-state index in [1.165, 1.54) is 0 Å². The normalized spacial score (nSPS) is 9.90. The molecule has 0 radical (unpaired) electrons. The molecule has 2 rings (SSSR count). The van der Waals surface area contributed by atoms with Gasteiger partial charge in [-0.2, -0.15) is 0 Å². The van der Waals surface area contributed by atoms with Gasteiger partial charge >= 0.3 is 6.03 Å². The molecule has 2 aromatic carbocycles. The van der Waals surface area contributed by atoms with E-state index in [-0.39, 0.29) is 6.03 Å². The third-order valence-corrected chi connectivity index (χ3v) is 2.72. The number of ether oxygens (including phenoxy) is 1. The van der Waals surface area contributed by atoms with Crippen molar-refractivity contribution < 1.29 is 9.53 Å². The van der Waals surface area contributed by atoms with Crippen LogP contribution in [0.25, 0.3) is 0 Å². The SMILES string of the molecule is CCOc1cccc(NC(=O)Nc2cccc(Cl)c2)c1. The predicted molar refractivity (Wildman–Crippen MR) is 81.7 cm³/mol. The summed E-state index contributed by atoms with van der Waals surface area (Å²) in [5.74, 6) is 0.716. The van der Waals surface area contributed by atoms with Gasteiger partial charge in [0, 0.05) is 22.5 Å². The first-order valence-electron chi connectivity index (χ1n) is 6.24. The highest BCUT2D eigenvalue weighted by molar-refractivity contribution is 6.30. The molecule has 0 saturated heterocycles. The van der Waals surface area contributed by atoms with Gasteiger partial charge in [-0.3, -0.25) is 0 Å². The Bertz CT molecular complexity index is 602. The van der Waals surface area contributed by atoms with Crippen LogP contribution in [-0.2, 0) is 0 Å². The first-order valence-corrected chi connectivity index (χ1v) is 6.61. The molecular formula is C15H15ClN2O2. The van der Waals surface area contributed by atoms with Crippen LogP contribution >= 0.6 is 11.6 Å². The van der Waals surface area contributed by atoms with Gasteiger partial charge in [-0.25, -0.2) is 4.79 Å². The van der Waals surface area contributed by atoms with E-state index >= 15 is 0 Å². The molecule has 0 fully saturated rings. The Morgan fingerprint density at radius 1 is 1.10 bits per heavy atom. The summed E-state index contributed by atoms with van der Waals surface area (Å²) in [4.78, 5) is 11.9. The van der Waals surface area contributed by atoms with Crippen molar-refractivity contribution in [2.45, 2.75) is 6.92 Å². The number of hydrogen-bond donors (Lipinski definition) is 2. The van der Waals surface area contributed by atoms with E-state index < -0.39 is 0 Å². The van der Waals surface area contributed by atoms with Crippen molar-refractivity contribution in [1.82, 2.24) is 0 Å². The second-order valence-electron chi connectivity index (χ2n) is 4.05. The zero-order valence-electron chi connectivity index (χ0n) is 11.0. The largest absolute Gasteiger partial charge is 0.494 e. The van der Waals surface area contributed by atoms with E-state index in [9.17, 15) is 4.79 Å². The van der Waals surface area contributed by atoms with E-state index in [4.69, 9.17) is 16.3 Å². The quantitative estimate of drug-likeness (QED) is 0.878. The Morgan fingerprint density at radius 3 is 2.40 bits per heavy atom. The van der Waals surface area contributed by atoms with Gasteiger partial charge in [0.1, 0.15) is 5.75 Å². The van der Waals surface area contributed by atoms with E-state index in [0.717, 1.165) is 0 Å². The van der Waals surface area contributed by atoms with Crippen LogP contribution in [0, 0.1) is 0 Å². The Morgan fingerprint density at radius 2 is 1.75 bits per heavy atom. The molecule has 0 unspecified atom stereocenters. The summed E-state index contributed by atoms with van der Waals surface area (Å²) in [5, 5.41) is 6.01. The van der Waals surface area contributed by atoms with Gasteiger partial charge in [-0.05, 0) is 37.3 Å². The molecule has 2 aromatic rings. The standard InChI is InChI=1S/C15H15ClN2O2/c1-2-20-14-8-4-7-13(10-14)18-15(19)17-12-6-3-5-11(16)9-12/h3-10H,2H2,1H3,(H2,17,18,19). The molecule has 0 aliphatic heterocycles. The summed E-state index contributed by atoms with van der Waals surface area (Å²) >= 11 is 5.86. The lowest BCUT2D eigenvalue weighted by Crippen LogP contribution is -2.19. The fraction of sp³-hybridized carbons (Fsp3) is 0.133. The maximum Gasteiger partial charge on any atom is 0.323 e. The zero-order valence-corrected chi connectivity index (χ0v) is 11.8. The summed E-state index contributed by atoms with van der Waals surface area (Å²) < 4.78 is 5.37. The van der Waals surface area contributed by atoms with Crippen LogP contribution in [-0.4, -0.2) is 12.6 Å². The lowest BCUT2D eigenvalue weighted by atomic mass is 10.3. The number of benzene rings is 2. The van der Waals surface area contributed by atoms with Crippen molar-refractivity contribution in [3.63, 3.8) is 0 Å². The fourth-order valence-corrected chi connectivity index (χ4v) is 1.88. The van der Waals surface area contributed by atoms with Crippen molar-refractivity contribution in [2.75, 3.05) is 17.2 Å². The number of nitrogens with one attached hydrogen (secondary N) is 2. The second kappa shape index (κ2) is 6.82.